The van der Waals surface area contributed by atoms with E-state index in [0.29, 0.717) is 25.6 Å². The summed E-state index contributed by atoms with van der Waals surface area (Å²) < 4.78 is 0. The predicted octanol–water partition coefficient (Wildman–Crippen LogP) is 1.79. The molecule has 0 aliphatic carbocycles. The Morgan fingerprint density at radius 3 is 2.60 bits per heavy atom. The summed E-state index contributed by atoms with van der Waals surface area (Å²) in [7, 11) is 0. The van der Waals surface area contributed by atoms with Crippen LogP contribution >= 0.6 is 0 Å². The van der Waals surface area contributed by atoms with Gasteiger partial charge >= 0.3 is 0 Å². The van der Waals surface area contributed by atoms with E-state index in [2.05, 4.69) is 19.2 Å². The highest BCUT2D eigenvalue weighted by Crippen LogP contribution is 2.06. The second-order valence-electron chi connectivity index (χ2n) is 5.24. The average molecular weight is 278 g/mol. The van der Waals surface area contributed by atoms with Crippen molar-refractivity contribution >= 4 is 5.91 Å². The zero-order valence-corrected chi connectivity index (χ0v) is 12.5. The van der Waals surface area contributed by atoms with Gasteiger partial charge in [-0.05, 0) is 18.5 Å². The summed E-state index contributed by atoms with van der Waals surface area (Å²) in [6.45, 7) is 6.00. The summed E-state index contributed by atoms with van der Waals surface area (Å²) in [5, 5.41) is 12.4. The molecule has 1 amide bonds. The van der Waals surface area contributed by atoms with Crippen molar-refractivity contribution in [1.29, 1.82) is 0 Å². The molecule has 0 aromatic heterocycles. The molecule has 1 aromatic rings. The molecule has 0 unspecified atom stereocenters. The fourth-order valence-electron chi connectivity index (χ4n) is 2.00. The first-order valence-electron chi connectivity index (χ1n) is 7.29. The third kappa shape index (κ3) is 6.68. The van der Waals surface area contributed by atoms with Crippen molar-refractivity contribution in [1.82, 2.24) is 10.2 Å². The topological polar surface area (TPSA) is 52.6 Å². The largest absolute Gasteiger partial charge is 0.395 e. The Bertz CT molecular complexity index is 379. The quantitative estimate of drug-likeness (QED) is 0.677. The van der Waals surface area contributed by atoms with Gasteiger partial charge in [0.2, 0.25) is 5.91 Å². The van der Waals surface area contributed by atoms with Crippen LogP contribution < -0.4 is 5.32 Å². The molecule has 20 heavy (non-hydrogen) atoms. The summed E-state index contributed by atoms with van der Waals surface area (Å²) in [4.78, 5) is 13.9. The number of benzene rings is 1. The van der Waals surface area contributed by atoms with Gasteiger partial charge in [-0.3, -0.25) is 4.79 Å². The van der Waals surface area contributed by atoms with Crippen LogP contribution in [0.25, 0.3) is 0 Å². The highest BCUT2D eigenvalue weighted by molar-refractivity contribution is 5.76. The van der Waals surface area contributed by atoms with Crippen LogP contribution in [0.2, 0.25) is 0 Å². The second-order valence-corrected chi connectivity index (χ2v) is 5.24. The first-order chi connectivity index (χ1) is 9.63. The first kappa shape index (κ1) is 16.7. The Labute approximate surface area is 121 Å². The van der Waals surface area contributed by atoms with Crippen molar-refractivity contribution in [3.8, 4) is 0 Å². The molecule has 2 N–H and O–H groups in total. The van der Waals surface area contributed by atoms with Gasteiger partial charge in [-0.15, -0.1) is 0 Å². The summed E-state index contributed by atoms with van der Waals surface area (Å²) in [6, 6.07) is 10.3. The molecular weight excluding hydrogens is 252 g/mol. The molecule has 0 aliphatic rings. The first-order valence-corrected chi connectivity index (χ1v) is 7.29. The SMILES string of the molecule is CC(C)NCCCC(=O)N(CCO)Cc1ccccc1. The number of carbonyl (C=O) groups excluding carboxylic acids is 1. The maximum absolute atomic E-state index is 12.2. The second kappa shape index (κ2) is 9.50. The van der Waals surface area contributed by atoms with Crippen LogP contribution in [0.4, 0.5) is 0 Å². The number of carbonyl (C=O) groups is 1. The molecule has 1 aromatic carbocycles. The molecule has 4 heteroatoms. The number of aliphatic hydroxyl groups excluding tert-OH is 1. The minimum Gasteiger partial charge on any atom is -0.395 e. The summed E-state index contributed by atoms with van der Waals surface area (Å²) in [5.41, 5.74) is 1.09. The van der Waals surface area contributed by atoms with Gasteiger partial charge in [-0.25, -0.2) is 0 Å². The minimum atomic E-state index is 0.00280. The van der Waals surface area contributed by atoms with Crippen molar-refractivity contribution in [2.24, 2.45) is 0 Å². The molecule has 0 bridgehead atoms. The van der Waals surface area contributed by atoms with Crippen molar-refractivity contribution in [2.75, 3.05) is 19.7 Å². The van der Waals surface area contributed by atoms with E-state index >= 15 is 0 Å². The summed E-state index contributed by atoms with van der Waals surface area (Å²) >= 11 is 0. The number of nitrogens with zero attached hydrogens (tertiary/aromatic N) is 1. The number of amides is 1. The fraction of sp³-hybridized carbons (Fsp3) is 0.562. The van der Waals surface area contributed by atoms with Gasteiger partial charge in [-0.1, -0.05) is 44.2 Å². The van der Waals surface area contributed by atoms with Gasteiger partial charge in [0, 0.05) is 25.6 Å². The van der Waals surface area contributed by atoms with E-state index < -0.39 is 0 Å². The highest BCUT2D eigenvalue weighted by atomic mass is 16.3. The summed E-state index contributed by atoms with van der Waals surface area (Å²) in [5.74, 6) is 0.105. The minimum absolute atomic E-state index is 0.00280. The van der Waals surface area contributed by atoms with E-state index in [9.17, 15) is 4.79 Å². The Hall–Kier alpha value is -1.39. The molecule has 0 fully saturated rings. The van der Waals surface area contributed by atoms with Gasteiger partial charge in [0.15, 0.2) is 0 Å². The smallest absolute Gasteiger partial charge is 0.222 e. The van der Waals surface area contributed by atoms with Crippen LogP contribution in [-0.4, -0.2) is 41.7 Å². The molecule has 0 atom stereocenters. The molecule has 4 nitrogen and oxygen atoms in total. The van der Waals surface area contributed by atoms with Gasteiger partial charge in [0.25, 0.3) is 0 Å². The van der Waals surface area contributed by atoms with Gasteiger partial charge in [0.1, 0.15) is 0 Å². The molecule has 0 heterocycles. The maximum atomic E-state index is 12.2. The lowest BCUT2D eigenvalue weighted by Crippen LogP contribution is -2.33. The van der Waals surface area contributed by atoms with Gasteiger partial charge < -0.3 is 15.3 Å². The van der Waals surface area contributed by atoms with E-state index in [1.54, 1.807) is 4.90 Å². The number of aliphatic hydroxyl groups is 1. The molecule has 1 rings (SSSR count). The van der Waals surface area contributed by atoms with E-state index in [4.69, 9.17) is 5.11 Å². The zero-order valence-electron chi connectivity index (χ0n) is 12.5. The monoisotopic (exact) mass is 278 g/mol. The maximum Gasteiger partial charge on any atom is 0.222 e. The van der Waals surface area contributed by atoms with Gasteiger partial charge in [-0.2, -0.15) is 0 Å². The Balaban J connectivity index is 2.42. The molecule has 112 valence electrons. The Kier molecular flexibility index (Phi) is 7.92. The number of hydrogen-bond donors (Lipinski definition) is 2. The van der Waals surface area contributed by atoms with Crippen LogP contribution in [0.5, 0.6) is 0 Å². The van der Waals surface area contributed by atoms with E-state index in [0.717, 1.165) is 18.5 Å². The van der Waals surface area contributed by atoms with E-state index in [1.165, 1.54) is 0 Å². The molecule has 0 spiro atoms. The highest BCUT2D eigenvalue weighted by Gasteiger charge is 2.13. The Morgan fingerprint density at radius 2 is 2.00 bits per heavy atom. The van der Waals surface area contributed by atoms with Crippen molar-refractivity contribution in [3.63, 3.8) is 0 Å². The Morgan fingerprint density at radius 1 is 1.30 bits per heavy atom. The molecule has 0 radical (unpaired) electrons. The van der Waals surface area contributed by atoms with Crippen LogP contribution in [0, 0.1) is 0 Å². The van der Waals surface area contributed by atoms with Crippen molar-refractivity contribution < 1.29 is 9.90 Å². The van der Waals surface area contributed by atoms with Gasteiger partial charge in [0.05, 0.1) is 6.61 Å². The van der Waals surface area contributed by atoms with Crippen LogP contribution in [0.3, 0.4) is 0 Å². The third-order valence-electron chi connectivity index (χ3n) is 3.06. The van der Waals surface area contributed by atoms with Crippen LogP contribution in [0.1, 0.15) is 32.3 Å². The van der Waals surface area contributed by atoms with Crippen molar-refractivity contribution in [2.45, 2.75) is 39.3 Å². The van der Waals surface area contributed by atoms with Crippen LogP contribution in [0.15, 0.2) is 30.3 Å². The lowest BCUT2D eigenvalue weighted by Gasteiger charge is -2.22. The van der Waals surface area contributed by atoms with Crippen LogP contribution in [-0.2, 0) is 11.3 Å². The number of hydrogen-bond acceptors (Lipinski definition) is 3. The lowest BCUT2D eigenvalue weighted by atomic mass is 10.2. The molecule has 0 saturated heterocycles. The van der Waals surface area contributed by atoms with Crippen molar-refractivity contribution in [3.05, 3.63) is 35.9 Å². The number of rotatable bonds is 9. The molecule has 0 aliphatic heterocycles. The summed E-state index contributed by atoms with van der Waals surface area (Å²) in [6.07, 6.45) is 1.35. The fourth-order valence-corrected chi connectivity index (χ4v) is 2.00. The third-order valence-corrected chi connectivity index (χ3v) is 3.06. The molecular formula is C16H26N2O2. The average Bonchev–Trinajstić information content (AvgIpc) is 2.44. The number of nitrogens with one attached hydrogen (secondary N) is 1. The molecule has 0 saturated carbocycles. The van der Waals surface area contributed by atoms with E-state index in [-0.39, 0.29) is 12.5 Å². The lowest BCUT2D eigenvalue weighted by molar-refractivity contribution is -0.132. The normalized spacial score (nSPS) is 10.8. The standard InChI is InChI=1S/C16H26N2O2/c1-14(2)17-10-6-9-16(20)18(11-12-19)13-15-7-4-3-5-8-15/h3-5,7-8,14,17,19H,6,9-13H2,1-2H3. The van der Waals surface area contributed by atoms with E-state index in [1.807, 2.05) is 30.3 Å². The zero-order chi connectivity index (χ0) is 14.8. The predicted molar refractivity (Wildman–Crippen MR) is 81.3 cm³/mol.